The first-order chi connectivity index (χ1) is 15.5. The number of benzene rings is 1. The van der Waals surface area contributed by atoms with E-state index in [2.05, 4.69) is 25.6 Å². The zero-order valence-corrected chi connectivity index (χ0v) is 18.8. The van der Waals surface area contributed by atoms with Crippen molar-refractivity contribution < 1.29 is 13.9 Å². The number of aromatic nitrogens is 2. The maximum Gasteiger partial charge on any atom is 0.241 e. The van der Waals surface area contributed by atoms with E-state index in [-0.39, 0.29) is 18.3 Å². The van der Waals surface area contributed by atoms with Gasteiger partial charge in [0.2, 0.25) is 5.91 Å². The third-order valence-corrected chi connectivity index (χ3v) is 5.09. The number of ether oxygens (including phenoxy) is 1. The molecule has 0 bridgehead atoms. The molecular formula is C22H32FN7O2. The lowest BCUT2D eigenvalue weighted by Crippen LogP contribution is -2.44. The Hall–Kier alpha value is -2.98. The van der Waals surface area contributed by atoms with Crippen LogP contribution in [0.5, 0.6) is 0 Å². The number of carbonyl (C=O) groups excluding carboxylic acids is 1. The van der Waals surface area contributed by atoms with Gasteiger partial charge in [0, 0.05) is 39.9 Å². The molecule has 174 valence electrons. The molecule has 1 aromatic heterocycles. The van der Waals surface area contributed by atoms with Crippen molar-refractivity contribution >= 4 is 11.9 Å². The van der Waals surface area contributed by atoms with E-state index in [0.717, 1.165) is 57.2 Å². The van der Waals surface area contributed by atoms with Crippen LogP contribution in [0, 0.1) is 5.82 Å². The van der Waals surface area contributed by atoms with Gasteiger partial charge in [0.25, 0.3) is 0 Å². The van der Waals surface area contributed by atoms with Crippen molar-refractivity contribution in [3.8, 4) is 5.69 Å². The predicted molar refractivity (Wildman–Crippen MR) is 121 cm³/mol. The Labute approximate surface area is 188 Å². The number of likely N-dealkylation sites (N-methyl/N-ethyl adjacent to an activating group) is 1. The Kier molecular flexibility index (Phi) is 9.00. The largest absolute Gasteiger partial charge is 0.379 e. The smallest absolute Gasteiger partial charge is 0.241 e. The second kappa shape index (κ2) is 12.2. The van der Waals surface area contributed by atoms with Crippen LogP contribution in [0.3, 0.4) is 0 Å². The molecule has 0 radical (unpaired) electrons. The number of hydrogen-bond donors (Lipinski definition) is 2. The van der Waals surface area contributed by atoms with Crippen LogP contribution in [0.1, 0.15) is 12.1 Å². The molecule has 1 saturated heterocycles. The summed E-state index contributed by atoms with van der Waals surface area (Å²) < 4.78 is 20.2. The fourth-order valence-electron chi connectivity index (χ4n) is 3.17. The van der Waals surface area contributed by atoms with Gasteiger partial charge in [-0.3, -0.25) is 9.69 Å². The van der Waals surface area contributed by atoms with E-state index < -0.39 is 0 Å². The van der Waals surface area contributed by atoms with Crippen LogP contribution in [0.15, 0.2) is 41.5 Å². The summed E-state index contributed by atoms with van der Waals surface area (Å²) in [4.78, 5) is 20.5. The summed E-state index contributed by atoms with van der Waals surface area (Å²) in [6.45, 7) is 5.75. The molecule has 0 saturated carbocycles. The highest BCUT2D eigenvalue weighted by molar-refractivity contribution is 5.86. The molecule has 2 aromatic rings. The average Bonchev–Trinajstić information content (AvgIpc) is 3.27. The number of rotatable bonds is 9. The third kappa shape index (κ3) is 7.61. The fourth-order valence-corrected chi connectivity index (χ4v) is 3.17. The lowest BCUT2D eigenvalue weighted by Gasteiger charge is -2.26. The number of aliphatic imine (C=N–C) groups is 1. The highest BCUT2D eigenvalue weighted by atomic mass is 19.1. The summed E-state index contributed by atoms with van der Waals surface area (Å²) in [6, 6.07) is 8.02. The number of carbonyl (C=O) groups is 1. The molecule has 1 aliphatic heterocycles. The number of nitrogens with zero attached hydrogens (tertiary/aromatic N) is 5. The highest BCUT2D eigenvalue weighted by Gasteiger charge is 2.10. The minimum absolute atomic E-state index is 0.0339. The number of hydrogen-bond acceptors (Lipinski definition) is 5. The minimum Gasteiger partial charge on any atom is -0.379 e. The first-order valence-electron chi connectivity index (χ1n) is 10.8. The SMILES string of the molecule is CN(C)C(=O)CNC(=NCc1ccn(-c2ccc(F)cc2)n1)NCCCN1CCOCC1. The van der Waals surface area contributed by atoms with Crippen molar-refractivity contribution in [3.05, 3.63) is 48.0 Å². The maximum absolute atomic E-state index is 13.1. The number of halogens is 1. The van der Waals surface area contributed by atoms with Crippen LogP contribution in [0.4, 0.5) is 4.39 Å². The molecule has 0 spiro atoms. The Bertz CT molecular complexity index is 877. The number of morpholine rings is 1. The zero-order chi connectivity index (χ0) is 22.8. The first kappa shape index (κ1) is 23.7. The zero-order valence-electron chi connectivity index (χ0n) is 18.8. The van der Waals surface area contributed by atoms with Crippen LogP contribution in [0.2, 0.25) is 0 Å². The van der Waals surface area contributed by atoms with Crippen LogP contribution >= 0.6 is 0 Å². The van der Waals surface area contributed by atoms with Gasteiger partial charge < -0.3 is 20.3 Å². The molecule has 2 N–H and O–H groups in total. The molecule has 0 aliphatic carbocycles. The standard InChI is InChI=1S/C22H32FN7O2/c1-28(2)21(31)17-26-22(24-9-3-10-29-12-14-32-15-13-29)25-16-19-8-11-30(27-19)20-6-4-18(23)5-7-20/h4-8,11H,3,9-10,12-17H2,1-2H3,(H2,24,25,26). The van der Waals surface area contributed by atoms with E-state index in [0.29, 0.717) is 12.5 Å². The topological polar surface area (TPSA) is 87.0 Å². The van der Waals surface area contributed by atoms with Gasteiger partial charge in [-0.15, -0.1) is 0 Å². The lowest BCUT2D eigenvalue weighted by molar-refractivity contribution is -0.127. The van der Waals surface area contributed by atoms with Gasteiger partial charge in [0.05, 0.1) is 37.7 Å². The molecule has 1 amide bonds. The lowest BCUT2D eigenvalue weighted by atomic mass is 10.3. The van der Waals surface area contributed by atoms with Gasteiger partial charge in [0.1, 0.15) is 5.82 Å². The van der Waals surface area contributed by atoms with Gasteiger partial charge in [0.15, 0.2) is 5.96 Å². The fraction of sp³-hybridized carbons (Fsp3) is 0.500. The Balaban J connectivity index is 1.55. The van der Waals surface area contributed by atoms with Crippen molar-refractivity contribution in [2.75, 3.05) is 60.0 Å². The van der Waals surface area contributed by atoms with E-state index in [9.17, 15) is 9.18 Å². The van der Waals surface area contributed by atoms with E-state index in [1.54, 1.807) is 30.9 Å². The normalized spacial score (nSPS) is 14.9. The Morgan fingerprint density at radius 1 is 1.19 bits per heavy atom. The van der Waals surface area contributed by atoms with Gasteiger partial charge >= 0.3 is 0 Å². The van der Waals surface area contributed by atoms with Crippen molar-refractivity contribution in [1.29, 1.82) is 0 Å². The molecule has 9 nitrogen and oxygen atoms in total. The van der Waals surface area contributed by atoms with Crippen molar-refractivity contribution in [3.63, 3.8) is 0 Å². The Morgan fingerprint density at radius 3 is 2.66 bits per heavy atom. The third-order valence-electron chi connectivity index (χ3n) is 5.09. The van der Waals surface area contributed by atoms with Crippen LogP contribution in [-0.2, 0) is 16.1 Å². The van der Waals surface area contributed by atoms with E-state index >= 15 is 0 Å². The predicted octanol–water partition coefficient (Wildman–Crippen LogP) is 0.857. The van der Waals surface area contributed by atoms with Gasteiger partial charge in [-0.25, -0.2) is 14.1 Å². The summed E-state index contributed by atoms with van der Waals surface area (Å²) in [5.41, 5.74) is 1.54. The van der Waals surface area contributed by atoms with Gasteiger partial charge in [-0.2, -0.15) is 5.10 Å². The average molecular weight is 446 g/mol. The molecule has 2 heterocycles. The summed E-state index contributed by atoms with van der Waals surface area (Å²) in [5.74, 6) is 0.250. The van der Waals surface area contributed by atoms with Gasteiger partial charge in [-0.1, -0.05) is 0 Å². The minimum atomic E-state index is -0.284. The maximum atomic E-state index is 13.1. The number of guanidine groups is 1. The highest BCUT2D eigenvalue weighted by Crippen LogP contribution is 2.09. The van der Waals surface area contributed by atoms with E-state index in [1.165, 1.54) is 17.0 Å². The molecular weight excluding hydrogens is 413 g/mol. The molecule has 10 heteroatoms. The molecule has 0 atom stereocenters. The number of nitrogens with one attached hydrogen (secondary N) is 2. The summed E-state index contributed by atoms with van der Waals surface area (Å²) in [7, 11) is 3.44. The molecule has 1 fully saturated rings. The molecule has 3 rings (SSSR count). The first-order valence-corrected chi connectivity index (χ1v) is 10.8. The van der Waals surface area contributed by atoms with Crippen LogP contribution in [-0.4, -0.2) is 91.5 Å². The van der Waals surface area contributed by atoms with Crippen molar-refractivity contribution in [2.45, 2.75) is 13.0 Å². The summed E-state index contributed by atoms with van der Waals surface area (Å²) in [5, 5.41) is 10.9. The Morgan fingerprint density at radius 2 is 1.94 bits per heavy atom. The quantitative estimate of drug-likeness (QED) is 0.338. The van der Waals surface area contributed by atoms with E-state index in [4.69, 9.17) is 4.74 Å². The number of amides is 1. The summed E-state index contributed by atoms with van der Waals surface area (Å²) >= 11 is 0. The second-order valence-electron chi connectivity index (χ2n) is 7.77. The summed E-state index contributed by atoms with van der Waals surface area (Å²) in [6.07, 6.45) is 2.78. The molecule has 1 aliphatic rings. The van der Waals surface area contributed by atoms with E-state index in [1.807, 2.05) is 12.3 Å². The monoisotopic (exact) mass is 445 g/mol. The van der Waals surface area contributed by atoms with Gasteiger partial charge in [-0.05, 0) is 43.3 Å². The van der Waals surface area contributed by atoms with Crippen LogP contribution in [0.25, 0.3) is 5.69 Å². The molecule has 32 heavy (non-hydrogen) atoms. The second-order valence-corrected chi connectivity index (χ2v) is 7.77. The van der Waals surface area contributed by atoms with Crippen molar-refractivity contribution in [2.24, 2.45) is 4.99 Å². The molecule has 1 aromatic carbocycles. The van der Waals surface area contributed by atoms with Crippen molar-refractivity contribution in [1.82, 2.24) is 30.2 Å². The molecule has 0 unspecified atom stereocenters. The van der Waals surface area contributed by atoms with Crippen LogP contribution < -0.4 is 10.6 Å².